The van der Waals surface area contributed by atoms with Crippen molar-refractivity contribution in [2.24, 2.45) is 0 Å². The van der Waals surface area contributed by atoms with Gasteiger partial charge < -0.3 is 14.8 Å². The highest BCUT2D eigenvalue weighted by Crippen LogP contribution is 2.16. The first-order valence-electron chi connectivity index (χ1n) is 7.40. The summed E-state index contributed by atoms with van der Waals surface area (Å²) in [5.74, 6) is -0.533. The summed E-state index contributed by atoms with van der Waals surface area (Å²) in [6.45, 7) is 3.10. The van der Waals surface area contributed by atoms with E-state index in [2.05, 4.69) is 5.32 Å². The summed E-state index contributed by atoms with van der Waals surface area (Å²) in [4.78, 5) is 23.8. The van der Waals surface area contributed by atoms with Gasteiger partial charge in [0.15, 0.2) is 12.7 Å². The van der Waals surface area contributed by atoms with Crippen molar-refractivity contribution in [1.82, 2.24) is 0 Å². The van der Waals surface area contributed by atoms with E-state index in [1.807, 2.05) is 25.1 Å². The second kappa shape index (κ2) is 8.36. The van der Waals surface area contributed by atoms with E-state index in [-0.39, 0.29) is 6.61 Å². The lowest BCUT2D eigenvalue weighted by atomic mass is 10.2. The number of esters is 1. The van der Waals surface area contributed by atoms with Crippen molar-refractivity contribution in [2.75, 3.05) is 11.9 Å². The number of carbonyl (C=O) groups excluding carboxylic acids is 2. The fourth-order valence-corrected chi connectivity index (χ4v) is 2.03. The fourth-order valence-electron chi connectivity index (χ4n) is 1.91. The first kappa shape index (κ1) is 17.8. The Morgan fingerprint density at radius 2 is 1.79 bits per heavy atom. The van der Waals surface area contributed by atoms with Gasteiger partial charge >= 0.3 is 5.97 Å². The SMILES string of the molecule is Cc1ccccc1NC(=O)C(C)OC(=O)COc1ccc(Cl)cc1. The molecule has 24 heavy (non-hydrogen) atoms. The van der Waals surface area contributed by atoms with Crippen LogP contribution in [0.4, 0.5) is 5.69 Å². The highest BCUT2D eigenvalue weighted by atomic mass is 35.5. The lowest BCUT2D eigenvalue weighted by Crippen LogP contribution is -2.31. The number of ether oxygens (including phenoxy) is 2. The van der Waals surface area contributed by atoms with Crippen molar-refractivity contribution in [3.8, 4) is 5.75 Å². The minimum atomic E-state index is -0.925. The average Bonchev–Trinajstić information content (AvgIpc) is 2.56. The minimum Gasteiger partial charge on any atom is -0.482 e. The molecule has 0 saturated carbocycles. The third-order valence-corrected chi connectivity index (χ3v) is 3.50. The van der Waals surface area contributed by atoms with Gasteiger partial charge in [-0.1, -0.05) is 29.8 Å². The van der Waals surface area contributed by atoms with Crippen LogP contribution >= 0.6 is 11.6 Å². The molecule has 2 aromatic rings. The summed E-state index contributed by atoms with van der Waals surface area (Å²) in [5, 5.41) is 3.30. The monoisotopic (exact) mass is 347 g/mol. The van der Waals surface area contributed by atoms with Gasteiger partial charge in [0, 0.05) is 10.7 Å². The molecule has 0 aliphatic rings. The molecule has 0 aliphatic carbocycles. The second-order valence-corrected chi connectivity index (χ2v) is 5.62. The number of hydrogen-bond acceptors (Lipinski definition) is 4. The third kappa shape index (κ3) is 5.28. The molecule has 1 unspecified atom stereocenters. The topological polar surface area (TPSA) is 64.6 Å². The van der Waals surface area contributed by atoms with Crippen LogP contribution in [0.25, 0.3) is 0 Å². The molecule has 1 N–H and O–H groups in total. The normalized spacial score (nSPS) is 11.5. The van der Waals surface area contributed by atoms with Crippen LogP contribution in [-0.2, 0) is 14.3 Å². The van der Waals surface area contributed by atoms with E-state index in [4.69, 9.17) is 21.1 Å². The molecule has 0 heterocycles. The van der Waals surface area contributed by atoms with E-state index in [1.165, 1.54) is 6.92 Å². The first-order valence-corrected chi connectivity index (χ1v) is 7.78. The molecular weight excluding hydrogens is 330 g/mol. The maximum Gasteiger partial charge on any atom is 0.344 e. The van der Waals surface area contributed by atoms with Gasteiger partial charge in [-0.15, -0.1) is 0 Å². The number of amides is 1. The van der Waals surface area contributed by atoms with Crippen LogP contribution in [-0.4, -0.2) is 24.6 Å². The number of carbonyl (C=O) groups is 2. The number of halogens is 1. The molecule has 0 fully saturated rings. The zero-order chi connectivity index (χ0) is 17.5. The van der Waals surface area contributed by atoms with E-state index in [0.29, 0.717) is 16.5 Å². The Balaban J connectivity index is 1.81. The van der Waals surface area contributed by atoms with E-state index in [0.717, 1.165) is 5.56 Å². The van der Waals surface area contributed by atoms with Gasteiger partial charge in [0.1, 0.15) is 5.75 Å². The fraction of sp³-hybridized carbons (Fsp3) is 0.222. The average molecular weight is 348 g/mol. The zero-order valence-corrected chi connectivity index (χ0v) is 14.2. The Hall–Kier alpha value is -2.53. The lowest BCUT2D eigenvalue weighted by Gasteiger charge is -2.15. The Bertz CT molecular complexity index is 715. The molecule has 126 valence electrons. The summed E-state index contributed by atoms with van der Waals surface area (Å²) in [7, 11) is 0. The van der Waals surface area contributed by atoms with Crippen LogP contribution in [0.5, 0.6) is 5.75 Å². The van der Waals surface area contributed by atoms with Gasteiger partial charge in [0.05, 0.1) is 0 Å². The summed E-state index contributed by atoms with van der Waals surface area (Å²) < 4.78 is 10.3. The molecule has 0 bridgehead atoms. The highest BCUT2D eigenvalue weighted by Gasteiger charge is 2.18. The van der Waals surface area contributed by atoms with Gasteiger partial charge in [-0.3, -0.25) is 4.79 Å². The summed E-state index contributed by atoms with van der Waals surface area (Å²) in [5.41, 5.74) is 1.61. The van der Waals surface area contributed by atoms with Gasteiger partial charge in [-0.05, 0) is 49.7 Å². The second-order valence-electron chi connectivity index (χ2n) is 5.18. The van der Waals surface area contributed by atoms with Crippen LogP contribution in [0.3, 0.4) is 0 Å². The maximum atomic E-state index is 12.1. The molecule has 0 aromatic heterocycles. The summed E-state index contributed by atoms with van der Waals surface area (Å²) in [6.07, 6.45) is -0.925. The standard InChI is InChI=1S/C18H18ClNO4/c1-12-5-3-4-6-16(12)20-18(22)13(2)24-17(21)11-23-15-9-7-14(19)8-10-15/h3-10,13H,11H2,1-2H3,(H,20,22). The van der Waals surface area contributed by atoms with Gasteiger partial charge in [0.25, 0.3) is 5.91 Å². The molecule has 0 spiro atoms. The molecule has 2 aromatic carbocycles. The van der Waals surface area contributed by atoms with E-state index >= 15 is 0 Å². The predicted octanol–water partition coefficient (Wildman–Crippen LogP) is 3.60. The number of anilines is 1. The molecule has 0 aliphatic heterocycles. The smallest absolute Gasteiger partial charge is 0.344 e. The van der Waals surface area contributed by atoms with E-state index in [1.54, 1.807) is 30.3 Å². The van der Waals surface area contributed by atoms with Crippen LogP contribution in [0, 0.1) is 6.92 Å². The quantitative estimate of drug-likeness (QED) is 0.811. The number of aryl methyl sites for hydroxylation is 1. The van der Waals surface area contributed by atoms with Crippen molar-refractivity contribution in [1.29, 1.82) is 0 Å². The van der Waals surface area contributed by atoms with Crippen molar-refractivity contribution in [3.05, 3.63) is 59.1 Å². The van der Waals surface area contributed by atoms with Crippen LogP contribution in [0.2, 0.25) is 5.02 Å². The Labute approximate surface area is 145 Å². The molecule has 0 saturated heterocycles. The minimum absolute atomic E-state index is 0.288. The lowest BCUT2D eigenvalue weighted by molar-refractivity contribution is -0.155. The van der Waals surface area contributed by atoms with Crippen molar-refractivity contribution in [3.63, 3.8) is 0 Å². The van der Waals surface area contributed by atoms with Crippen LogP contribution < -0.4 is 10.1 Å². The highest BCUT2D eigenvalue weighted by molar-refractivity contribution is 6.30. The Morgan fingerprint density at radius 3 is 2.46 bits per heavy atom. The molecular formula is C18H18ClNO4. The molecule has 0 radical (unpaired) electrons. The van der Waals surface area contributed by atoms with Gasteiger partial charge in [-0.2, -0.15) is 0 Å². The van der Waals surface area contributed by atoms with Crippen LogP contribution in [0.1, 0.15) is 12.5 Å². The largest absolute Gasteiger partial charge is 0.482 e. The van der Waals surface area contributed by atoms with Crippen molar-refractivity contribution >= 4 is 29.2 Å². The number of para-hydroxylation sites is 1. The van der Waals surface area contributed by atoms with E-state index < -0.39 is 18.0 Å². The van der Waals surface area contributed by atoms with Gasteiger partial charge in [-0.25, -0.2) is 4.79 Å². The van der Waals surface area contributed by atoms with Crippen LogP contribution in [0.15, 0.2) is 48.5 Å². The number of hydrogen-bond donors (Lipinski definition) is 1. The number of nitrogens with one attached hydrogen (secondary N) is 1. The van der Waals surface area contributed by atoms with E-state index in [9.17, 15) is 9.59 Å². The summed E-state index contributed by atoms with van der Waals surface area (Å²) >= 11 is 5.76. The van der Waals surface area contributed by atoms with Gasteiger partial charge in [0.2, 0.25) is 0 Å². The predicted molar refractivity (Wildman–Crippen MR) is 92.3 cm³/mol. The Morgan fingerprint density at radius 1 is 1.12 bits per heavy atom. The number of rotatable bonds is 6. The number of benzene rings is 2. The zero-order valence-electron chi connectivity index (χ0n) is 13.4. The molecule has 5 nitrogen and oxygen atoms in total. The molecule has 2 rings (SSSR count). The molecule has 6 heteroatoms. The summed E-state index contributed by atoms with van der Waals surface area (Å²) in [6, 6.07) is 14.0. The first-order chi connectivity index (χ1) is 11.5. The van der Waals surface area contributed by atoms with Crippen molar-refractivity contribution in [2.45, 2.75) is 20.0 Å². The maximum absolute atomic E-state index is 12.1. The third-order valence-electron chi connectivity index (χ3n) is 3.25. The van der Waals surface area contributed by atoms with Crippen molar-refractivity contribution < 1.29 is 19.1 Å². The Kier molecular flexibility index (Phi) is 6.21. The molecule has 1 atom stereocenters. The molecule has 1 amide bonds.